The largest absolute Gasteiger partial charge is 0.478 e. The number of carbonyl (C=O) groups is 1. The number of hydrogen-bond donors (Lipinski definition) is 2. The standard InChI is InChI=1S/C14H18N4O2/c1-8-5-12(13(14(19)20)10(3)16-8)15-6-11-7-18(4)17-9(11)2/h5,7H,6H2,1-4H3,(H,15,16)(H,19,20). The zero-order valence-electron chi connectivity index (χ0n) is 12.1. The van der Waals surface area contributed by atoms with Crippen LogP contribution in [0.3, 0.4) is 0 Å². The first kappa shape index (κ1) is 14.0. The van der Waals surface area contributed by atoms with E-state index in [2.05, 4.69) is 15.4 Å². The number of nitrogens with zero attached hydrogens (tertiary/aromatic N) is 3. The maximum absolute atomic E-state index is 11.3. The van der Waals surface area contributed by atoms with E-state index < -0.39 is 5.97 Å². The molecule has 0 bridgehead atoms. The maximum Gasteiger partial charge on any atom is 0.339 e. The monoisotopic (exact) mass is 274 g/mol. The summed E-state index contributed by atoms with van der Waals surface area (Å²) in [4.78, 5) is 15.5. The predicted molar refractivity (Wildman–Crippen MR) is 75.9 cm³/mol. The van der Waals surface area contributed by atoms with E-state index >= 15 is 0 Å². The van der Waals surface area contributed by atoms with E-state index in [1.165, 1.54) is 0 Å². The summed E-state index contributed by atoms with van der Waals surface area (Å²) in [5.41, 5.74) is 4.08. The Morgan fingerprint density at radius 3 is 2.60 bits per heavy atom. The smallest absolute Gasteiger partial charge is 0.339 e. The number of pyridine rings is 1. The van der Waals surface area contributed by atoms with Crippen molar-refractivity contribution in [2.24, 2.45) is 7.05 Å². The van der Waals surface area contributed by atoms with Crippen LogP contribution in [0.5, 0.6) is 0 Å². The number of carboxylic acid groups (broad SMARTS) is 1. The molecule has 0 spiro atoms. The summed E-state index contributed by atoms with van der Waals surface area (Å²) in [6, 6.07) is 1.75. The zero-order valence-corrected chi connectivity index (χ0v) is 12.1. The summed E-state index contributed by atoms with van der Waals surface area (Å²) >= 11 is 0. The predicted octanol–water partition coefficient (Wildman–Crippen LogP) is 2.05. The summed E-state index contributed by atoms with van der Waals surface area (Å²) < 4.78 is 1.74. The Balaban J connectivity index is 2.29. The Labute approximate surface area is 117 Å². The molecule has 2 rings (SSSR count). The average molecular weight is 274 g/mol. The lowest BCUT2D eigenvalue weighted by atomic mass is 10.1. The van der Waals surface area contributed by atoms with Gasteiger partial charge in [-0.05, 0) is 26.8 Å². The third-order valence-corrected chi connectivity index (χ3v) is 3.13. The molecule has 6 nitrogen and oxygen atoms in total. The van der Waals surface area contributed by atoms with Gasteiger partial charge in [0.1, 0.15) is 5.56 Å². The van der Waals surface area contributed by atoms with Crippen LogP contribution >= 0.6 is 0 Å². The third kappa shape index (κ3) is 2.79. The lowest BCUT2D eigenvalue weighted by Crippen LogP contribution is -2.10. The van der Waals surface area contributed by atoms with Crippen molar-refractivity contribution in [2.75, 3.05) is 5.32 Å². The Morgan fingerprint density at radius 2 is 2.05 bits per heavy atom. The van der Waals surface area contributed by atoms with Gasteiger partial charge >= 0.3 is 5.97 Å². The topological polar surface area (TPSA) is 80.0 Å². The molecule has 2 N–H and O–H groups in total. The van der Waals surface area contributed by atoms with Crippen LogP contribution in [0.2, 0.25) is 0 Å². The minimum absolute atomic E-state index is 0.220. The molecule has 0 radical (unpaired) electrons. The van der Waals surface area contributed by atoms with E-state index in [-0.39, 0.29) is 5.56 Å². The van der Waals surface area contributed by atoms with Crippen LogP contribution in [0.25, 0.3) is 0 Å². The van der Waals surface area contributed by atoms with Crippen LogP contribution in [-0.4, -0.2) is 25.8 Å². The van der Waals surface area contributed by atoms with Crippen molar-refractivity contribution in [3.05, 3.63) is 40.5 Å². The molecule has 2 aromatic heterocycles. The summed E-state index contributed by atoms with van der Waals surface area (Å²) in [6.45, 7) is 6.01. The fourth-order valence-electron chi connectivity index (χ4n) is 2.25. The molecule has 0 aliphatic heterocycles. The van der Waals surface area contributed by atoms with Crippen LogP contribution in [0.4, 0.5) is 5.69 Å². The van der Waals surface area contributed by atoms with Crippen molar-refractivity contribution >= 4 is 11.7 Å². The van der Waals surface area contributed by atoms with E-state index in [1.54, 1.807) is 17.7 Å². The van der Waals surface area contributed by atoms with Gasteiger partial charge in [0.25, 0.3) is 0 Å². The van der Waals surface area contributed by atoms with Crippen molar-refractivity contribution < 1.29 is 9.90 Å². The molecule has 0 aromatic carbocycles. The van der Waals surface area contributed by atoms with Gasteiger partial charge in [0.2, 0.25) is 0 Å². The van der Waals surface area contributed by atoms with Gasteiger partial charge in [-0.25, -0.2) is 4.79 Å². The normalized spacial score (nSPS) is 10.6. The van der Waals surface area contributed by atoms with Gasteiger partial charge in [-0.1, -0.05) is 0 Å². The van der Waals surface area contributed by atoms with E-state index in [0.717, 1.165) is 17.0 Å². The summed E-state index contributed by atoms with van der Waals surface area (Å²) in [5, 5.41) is 16.7. The Hall–Kier alpha value is -2.37. The highest BCUT2D eigenvalue weighted by atomic mass is 16.4. The number of aryl methyl sites for hydroxylation is 4. The van der Waals surface area contributed by atoms with Crippen LogP contribution < -0.4 is 5.32 Å². The zero-order chi connectivity index (χ0) is 14.9. The third-order valence-electron chi connectivity index (χ3n) is 3.13. The molecule has 2 aromatic rings. The fraction of sp³-hybridized carbons (Fsp3) is 0.357. The van der Waals surface area contributed by atoms with Gasteiger partial charge in [0.05, 0.1) is 17.1 Å². The second-order valence-electron chi connectivity index (χ2n) is 4.84. The highest BCUT2D eigenvalue weighted by Crippen LogP contribution is 2.21. The van der Waals surface area contributed by atoms with Gasteiger partial charge in [-0.15, -0.1) is 0 Å². The lowest BCUT2D eigenvalue weighted by molar-refractivity contribution is 0.0696. The number of hydrogen-bond acceptors (Lipinski definition) is 4. The first-order valence-corrected chi connectivity index (χ1v) is 6.33. The minimum Gasteiger partial charge on any atom is -0.478 e. The molecule has 0 saturated carbocycles. The molecule has 0 atom stereocenters. The first-order valence-electron chi connectivity index (χ1n) is 6.33. The summed E-state index contributed by atoms with van der Waals surface area (Å²) in [6.07, 6.45) is 1.92. The van der Waals surface area contributed by atoms with Gasteiger partial charge in [0.15, 0.2) is 0 Å². The van der Waals surface area contributed by atoms with Crippen molar-refractivity contribution in [3.63, 3.8) is 0 Å². The Kier molecular flexibility index (Phi) is 3.74. The molecule has 0 saturated heterocycles. The quantitative estimate of drug-likeness (QED) is 0.892. The molecule has 0 fully saturated rings. The van der Waals surface area contributed by atoms with Crippen LogP contribution in [-0.2, 0) is 13.6 Å². The maximum atomic E-state index is 11.3. The van der Waals surface area contributed by atoms with Gasteiger partial charge in [-0.2, -0.15) is 5.10 Å². The number of anilines is 1. The van der Waals surface area contributed by atoms with Crippen molar-refractivity contribution in [2.45, 2.75) is 27.3 Å². The Bertz CT molecular complexity index is 661. The number of nitrogens with one attached hydrogen (secondary N) is 1. The molecule has 0 aliphatic carbocycles. The molecule has 106 valence electrons. The molecule has 20 heavy (non-hydrogen) atoms. The van der Waals surface area contributed by atoms with Crippen LogP contribution in [0.15, 0.2) is 12.3 Å². The van der Waals surface area contributed by atoms with Crippen LogP contribution in [0.1, 0.15) is 33.0 Å². The second kappa shape index (κ2) is 5.32. The highest BCUT2D eigenvalue weighted by molar-refractivity contribution is 5.95. The molecule has 2 heterocycles. The van der Waals surface area contributed by atoms with Crippen LogP contribution in [0, 0.1) is 20.8 Å². The number of rotatable bonds is 4. The molecular weight excluding hydrogens is 256 g/mol. The first-order chi connectivity index (χ1) is 9.38. The molecule has 0 aliphatic rings. The van der Waals surface area contributed by atoms with Gasteiger partial charge in [0, 0.05) is 31.0 Å². The average Bonchev–Trinajstić information content (AvgIpc) is 2.63. The number of aromatic carboxylic acids is 1. The number of aromatic nitrogens is 3. The van der Waals surface area contributed by atoms with Crippen molar-refractivity contribution in [1.82, 2.24) is 14.8 Å². The van der Waals surface area contributed by atoms with Crippen molar-refractivity contribution in [1.29, 1.82) is 0 Å². The molecule has 0 unspecified atom stereocenters. The summed E-state index contributed by atoms with van der Waals surface area (Å²) in [7, 11) is 1.86. The van der Waals surface area contributed by atoms with Crippen molar-refractivity contribution in [3.8, 4) is 0 Å². The second-order valence-corrected chi connectivity index (χ2v) is 4.84. The molecule has 0 amide bonds. The van der Waals surface area contributed by atoms with E-state index in [4.69, 9.17) is 0 Å². The highest BCUT2D eigenvalue weighted by Gasteiger charge is 2.15. The Morgan fingerprint density at radius 1 is 1.35 bits per heavy atom. The SMILES string of the molecule is Cc1cc(NCc2cn(C)nc2C)c(C(=O)O)c(C)n1. The minimum atomic E-state index is -0.972. The lowest BCUT2D eigenvalue weighted by Gasteiger charge is -2.12. The molecule has 6 heteroatoms. The van der Waals surface area contributed by atoms with E-state index in [0.29, 0.717) is 17.9 Å². The van der Waals surface area contributed by atoms with E-state index in [1.807, 2.05) is 27.1 Å². The molecular formula is C14H18N4O2. The van der Waals surface area contributed by atoms with Gasteiger partial charge < -0.3 is 10.4 Å². The number of carboxylic acids is 1. The van der Waals surface area contributed by atoms with Gasteiger partial charge in [-0.3, -0.25) is 9.67 Å². The summed E-state index contributed by atoms with van der Waals surface area (Å²) in [5.74, 6) is -0.972. The fourth-order valence-corrected chi connectivity index (χ4v) is 2.25. The van der Waals surface area contributed by atoms with E-state index in [9.17, 15) is 9.90 Å².